The maximum absolute atomic E-state index is 10.9. The lowest BCUT2D eigenvalue weighted by Crippen LogP contribution is -1.99. The quantitative estimate of drug-likeness (QED) is 0.236. The third-order valence-corrected chi connectivity index (χ3v) is 4.19. The van der Waals surface area contributed by atoms with Crippen molar-refractivity contribution in [3.05, 3.63) is 0 Å². The molecule has 4 heteroatoms. The first-order chi connectivity index (χ1) is 8.70. The van der Waals surface area contributed by atoms with Crippen LogP contribution >= 0.6 is 22.6 Å². The van der Waals surface area contributed by atoms with Gasteiger partial charge in [-0.25, -0.2) is 0 Å². The average Bonchev–Trinajstić information content (AvgIpc) is 2.38. The second kappa shape index (κ2) is 13.1. The van der Waals surface area contributed by atoms with Gasteiger partial charge in [0, 0.05) is 16.8 Å². The molecule has 0 aromatic rings. The molecule has 1 atom stereocenters. The van der Waals surface area contributed by atoms with E-state index in [9.17, 15) is 4.79 Å². The topological polar surface area (TPSA) is 50.1 Å². The third-order valence-electron chi connectivity index (χ3n) is 2.95. The first kappa shape index (κ1) is 17.7. The lowest BCUT2D eigenvalue weighted by Gasteiger charge is -2.07. The van der Waals surface area contributed by atoms with Crippen molar-refractivity contribution < 1.29 is 9.53 Å². The maximum atomic E-state index is 10.9. The van der Waals surface area contributed by atoms with Gasteiger partial charge in [-0.3, -0.25) is 4.79 Å². The van der Waals surface area contributed by atoms with E-state index in [4.69, 9.17) is 5.26 Å². The van der Waals surface area contributed by atoms with Crippen LogP contribution in [0.3, 0.4) is 0 Å². The molecule has 0 aromatic heterocycles. The van der Waals surface area contributed by atoms with Gasteiger partial charge in [0.1, 0.15) is 0 Å². The van der Waals surface area contributed by atoms with E-state index in [0.29, 0.717) is 16.8 Å². The van der Waals surface area contributed by atoms with Crippen molar-refractivity contribution >= 4 is 28.6 Å². The summed E-state index contributed by atoms with van der Waals surface area (Å²) in [5.41, 5.74) is 0. The Morgan fingerprint density at radius 1 is 1.17 bits per heavy atom. The van der Waals surface area contributed by atoms with Crippen LogP contribution in [0.4, 0.5) is 0 Å². The molecule has 0 N–H and O–H groups in total. The van der Waals surface area contributed by atoms with Gasteiger partial charge < -0.3 is 4.74 Å². The van der Waals surface area contributed by atoms with Gasteiger partial charge in [0.15, 0.2) is 0 Å². The highest BCUT2D eigenvalue weighted by Gasteiger charge is 2.03. The summed E-state index contributed by atoms with van der Waals surface area (Å²) in [5, 5.41) is 8.48. The molecule has 0 saturated carbocycles. The lowest BCUT2D eigenvalue weighted by atomic mass is 10.1. The minimum Gasteiger partial charge on any atom is -0.469 e. The molecule has 0 radical (unpaired) electrons. The standard InChI is InChI=1S/C14H24INO2/c1-18-14(17)11-7-5-3-2-4-6-9-13(15)10-8-12-16/h13H,2-11H2,1H3. The lowest BCUT2D eigenvalue weighted by molar-refractivity contribution is -0.140. The Morgan fingerprint density at radius 2 is 1.78 bits per heavy atom. The minimum absolute atomic E-state index is 0.0970. The number of ether oxygens (including phenoxy) is 1. The Balaban J connectivity index is 3.16. The summed E-state index contributed by atoms with van der Waals surface area (Å²) >= 11 is 2.45. The van der Waals surface area contributed by atoms with Crippen molar-refractivity contribution in [1.29, 1.82) is 5.26 Å². The zero-order chi connectivity index (χ0) is 13.6. The Hall–Kier alpha value is -0.310. The van der Waals surface area contributed by atoms with Crippen molar-refractivity contribution in [3.63, 3.8) is 0 Å². The molecule has 0 aliphatic heterocycles. The Labute approximate surface area is 124 Å². The molecular weight excluding hydrogens is 341 g/mol. The molecule has 0 spiro atoms. The van der Waals surface area contributed by atoms with Crippen LogP contribution in [0.25, 0.3) is 0 Å². The van der Waals surface area contributed by atoms with E-state index in [1.54, 1.807) is 0 Å². The molecule has 1 unspecified atom stereocenters. The van der Waals surface area contributed by atoms with E-state index < -0.39 is 0 Å². The van der Waals surface area contributed by atoms with Gasteiger partial charge in [0.2, 0.25) is 0 Å². The minimum atomic E-state index is -0.0970. The first-order valence-corrected chi connectivity index (χ1v) is 8.03. The Bertz CT molecular complexity index is 251. The number of hydrogen-bond donors (Lipinski definition) is 0. The summed E-state index contributed by atoms with van der Waals surface area (Å²) < 4.78 is 5.25. The molecule has 0 aliphatic carbocycles. The van der Waals surface area contributed by atoms with Crippen LogP contribution in [0, 0.1) is 11.3 Å². The highest BCUT2D eigenvalue weighted by atomic mass is 127. The normalized spacial score (nSPS) is 11.8. The molecule has 0 saturated heterocycles. The molecule has 0 aromatic carbocycles. The SMILES string of the molecule is COC(=O)CCCCCCCCC(I)CCC#N. The van der Waals surface area contributed by atoms with Gasteiger partial charge in [-0.05, 0) is 19.3 Å². The van der Waals surface area contributed by atoms with Gasteiger partial charge in [-0.2, -0.15) is 5.26 Å². The molecule has 0 aliphatic rings. The smallest absolute Gasteiger partial charge is 0.305 e. The largest absolute Gasteiger partial charge is 0.469 e. The number of nitriles is 1. The number of rotatable bonds is 11. The molecule has 0 heterocycles. The predicted molar refractivity (Wildman–Crippen MR) is 81.6 cm³/mol. The number of nitrogens with zero attached hydrogens (tertiary/aromatic N) is 1. The fraction of sp³-hybridized carbons (Fsp3) is 0.857. The van der Waals surface area contributed by atoms with E-state index in [-0.39, 0.29) is 5.97 Å². The second-order valence-electron chi connectivity index (χ2n) is 4.53. The molecule has 0 rings (SSSR count). The number of carbonyl (C=O) groups excluding carboxylic acids is 1. The summed E-state index contributed by atoms with van der Waals surface area (Å²) in [7, 11) is 1.44. The van der Waals surface area contributed by atoms with Gasteiger partial charge in [0.05, 0.1) is 13.2 Å². The predicted octanol–water partition coefficient (Wildman–Crippen LogP) is 4.39. The van der Waals surface area contributed by atoms with E-state index in [1.165, 1.54) is 39.2 Å². The number of methoxy groups -OCH3 is 1. The zero-order valence-corrected chi connectivity index (χ0v) is 13.4. The molecule has 18 heavy (non-hydrogen) atoms. The van der Waals surface area contributed by atoms with Crippen LogP contribution in [0.15, 0.2) is 0 Å². The van der Waals surface area contributed by atoms with Crippen molar-refractivity contribution in [1.82, 2.24) is 0 Å². The molecular formula is C14H24INO2. The van der Waals surface area contributed by atoms with Crippen molar-refractivity contribution in [2.24, 2.45) is 0 Å². The van der Waals surface area contributed by atoms with Gasteiger partial charge in [-0.15, -0.1) is 0 Å². The van der Waals surface area contributed by atoms with Crippen LogP contribution in [-0.4, -0.2) is 17.0 Å². The van der Waals surface area contributed by atoms with Crippen molar-refractivity contribution in [2.45, 2.75) is 68.1 Å². The monoisotopic (exact) mass is 365 g/mol. The Kier molecular flexibility index (Phi) is 12.9. The van der Waals surface area contributed by atoms with Crippen LogP contribution < -0.4 is 0 Å². The number of alkyl halides is 1. The number of halogens is 1. The summed E-state index contributed by atoms with van der Waals surface area (Å²) in [6, 6.07) is 2.19. The summed E-state index contributed by atoms with van der Waals surface area (Å²) in [5.74, 6) is -0.0970. The van der Waals surface area contributed by atoms with Crippen molar-refractivity contribution in [3.8, 4) is 6.07 Å². The Morgan fingerprint density at radius 3 is 2.39 bits per heavy atom. The van der Waals surface area contributed by atoms with E-state index >= 15 is 0 Å². The fourth-order valence-corrected chi connectivity index (χ4v) is 2.56. The number of carbonyl (C=O) groups is 1. The molecule has 0 bridgehead atoms. The highest BCUT2D eigenvalue weighted by molar-refractivity contribution is 14.1. The number of unbranched alkanes of at least 4 members (excludes halogenated alkanes) is 5. The van der Waals surface area contributed by atoms with Crippen LogP contribution in [0.1, 0.15) is 64.2 Å². The zero-order valence-electron chi connectivity index (χ0n) is 11.3. The van der Waals surface area contributed by atoms with Crippen LogP contribution in [-0.2, 0) is 9.53 Å². The summed E-state index contributed by atoms with van der Waals surface area (Å²) in [6.07, 6.45) is 10.5. The van der Waals surface area contributed by atoms with Gasteiger partial charge in [-0.1, -0.05) is 54.7 Å². The molecule has 104 valence electrons. The van der Waals surface area contributed by atoms with Gasteiger partial charge >= 0.3 is 5.97 Å². The number of esters is 1. The van der Waals surface area contributed by atoms with Crippen LogP contribution in [0.5, 0.6) is 0 Å². The van der Waals surface area contributed by atoms with E-state index in [1.807, 2.05) is 0 Å². The summed E-state index contributed by atoms with van der Waals surface area (Å²) in [4.78, 5) is 10.9. The average molecular weight is 365 g/mol. The molecule has 0 fully saturated rings. The second-order valence-corrected chi connectivity index (χ2v) is 6.29. The highest BCUT2D eigenvalue weighted by Crippen LogP contribution is 2.17. The molecule has 0 amide bonds. The van der Waals surface area contributed by atoms with Crippen molar-refractivity contribution in [2.75, 3.05) is 7.11 Å². The van der Waals surface area contributed by atoms with Gasteiger partial charge in [0.25, 0.3) is 0 Å². The van der Waals surface area contributed by atoms with E-state index in [2.05, 4.69) is 33.4 Å². The summed E-state index contributed by atoms with van der Waals surface area (Å²) in [6.45, 7) is 0. The number of hydrogen-bond acceptors (Lipinski definition) is 3. The first-order valence-electron chi connectivity index (χ1n) is 6.78. The third kappa shape index (κ3) is 12.2. The maximum Gasteiger partial charge on any atom is 0.305 e. The fourth-order valence-electron chi connectivity index (χ4n) is 1.81. The molecule has 3 nitrogen and oxygen atoms in total. The van der Waals surface area contributed by atoms with Crippen LogP contribution in [0.2, 0.25) is 0 Å². The van der Waals surface area contributed by atoms with E-state index in [0.717, 1.165) is 19.3 Å².